The Balaban J connectivity index is 2.24. The van der Waals surface area contributed by atoms with Gasteiger partial charge in [0.15, 0.2) is 0 Å². The number of rotatable bonds is 5. The van der Waals surface area contributed by atoms with Gasteiger partial charge in [0.25, 0.3) is 0 Å². The lowest BCUT2D eigenvalue weighted by atomic mass is 10.2. The summed E-state index contributed by atoms with van der Waals surface area (Å²) in [7, 11) is 0. The Morgan fingerprint density at radius 3 is 2.78 bits per heavy atom. The van der Waals surface area contributed by atoms with E-state index < -0.39 is 0 Å². The fourth-order valence-electron chi connectivity index (χ4n) is 1.82. The molecule has 0 aliphatic heterocycles. The average Bonchev–Trinajstić information content (AvgIpc) is 2.70. The first-order valence-electron chi connectivity index (χ1n) is 5.79. The average molecular weight is 288 g/mol. The maximum Gasteiger partial charge on any atom is 0.109 e. The number of aromatic amines is 1. The molecule has 1 heterocycles. The number of H-pyrrole nitrogens is 1. The van der Waals surface area contributed by atoms with Crippen molar-refractivity contribution in [2.24, 2.45) is 5.73 Å². The highest BCUT2D eigenvalue weighted by atomic mass is 35.5. The molecular formula is C12H15Cl2N3O. The summed E-state index contributed by atoms with van der Waals surface area (Å²) in [5, 5.41) is 1.02. The standard InChI is InChI=1S/C12H15Cl2N3O/c1-2-18-7(6-15)3-12-16-10-4-8(13)9(14)5-11(10)17-12/h4-5,7H,2-3,6,15H2,1H3,(H,16,17). The molecule has 3 N–H and O–H groups in total. The van der Waals surface area contributed by atoms with Crippen LogP contribution in [0.4, 0.5) is 0 Å². The third kappa shape index (κ3) is 2.95. The summed E-state index contributed by atoms with van der Waals surface area (Å²) in [6.07, 6.45) is 0.621. The number of hydrogen-bond acceptors (Lipinski definition) is 3. The van der Waals surface area contributed by atoms with Crippen LogP contribution in [-0.4, -0.2) is 29.2 Å². The number of nitrogens with zero attached hydrogens (tertiary/aromatic N) is 1. The van der Waals surface area contributed by atoms with Crippen LogP contribution in [0, 0.1) is 0 Å². The number of imidazole rings is 1. The number of fused-ring (bicyclic) bond motifs is 1. The van der Waals surface area contributed by atoms with E-state index in [0.717, 1.165) is 16.9 Å². The Labute approximate surface area is 115 Å². The van der Waals surface area contributed by atoms with Gasteiger partial charge in [0.05, 0.1) is 27.2 Å². The van der Waals surface area contributed by atoms with Gasteiger partial charge < -0.3 is 15.5 Å². The van der Waals surface area contributed by atoms with E-state index in [-0.39, 0.29) is 6.10 Å². The van der Waals surface area contributed by atoms with Crippen LogP contribution in [0.15, 0.2) is 12.1 Å². The van der Waals surface area contributed by atoms with Crippen molar-refractivity contribution < 1.29 is 4.74 Å². The molecule has 0 spiro atoms. The van der Waals surface area contributed by atoms with Crippen molar-refractivity contribution in [2.75, 3.05) is 13.2 Å². The normalized spacial score (nSPS) is 13.1. The first kappa shape index (κ1) is 13.6. The molecule has 0 amide bonds. The van der Waals surface area contributed by atoms with Crippen LogP contribution in [-0.2, 0) is 11.2 Å². The maximum atomic E-state index is 5.96. The zero-order valence-corrected chi connectivity index (χ0v) is 11.6. The first-order chi connectivity index (χ1) is 8.63. The van der Waals surface area contributed by atoms with Gasteiger partial charge in [-0.25, -0.2) is 4.98 Å². The number of nitrogens with two attached hydrogens (primary N) is 1. The molecule has 0 aliphatic carbocycles. The predicted octanol–water partition coefficient (Wildman–Crippen LogP) is 2.78. The molecule has 1 unspecified atom stereocenters. The van der Waals surface area contributed by atoms with Gasteiger partial charge in [0.2, 0.25) is 0 Å². The van der Waals surface area contributed by atoms with Crippen molar-refractivity contribution in [3.8, 4) is 0 Å². The van der Waals surface area contributed by atoms with Crippen LogP contribution in [0.2, 0.25) is 10.0 Å². The molecular weight excluding hydrogens is 273 g/mol. The van der Waals surface area contributed by atoms with Crippen molar-refractivity contribution in [1.82, 2.24) is 9.97 Å². The Morgan fingerprint density at radius 2 is 2.11 bits per heavy atom. The molecule has 1 aromatic heterocycles. The second-order valence-electron chi connectivity index (χ2n) is 3.98. The molecule has 2 aromatic rings. The van der Waals surface area contributed by atoms with E-state index in [2.05, 4.69) is 9.97 Å². The van der Waals surface area contributed by atoms with Crippen LogP contribution in [0.25, 0.3) is 11.0 Å². The Morgan fingerprint density at radius 1 is 1.39 bits per heavy atom. The molecule has 0 fully saturated rings. The van der Waals surface area contributed by atoms with Gasteiger partial charge in [-0.05, 0) is 19.1 Å². The summed E-state index contributed by atoms with van der Waals surface area (Å²) in [5.74, 6) is 0.826. The van der Waals surface area contributed by atoms with Crippen molar-refractivity contribution in [2.45, 2.75) is 19.4 Å². The monoisotopic (exact) mass is 287 g/mol. The number of ether oxygens (including phenoxy) is 1. The second kappa shape index (κ2) is 5.89. The van der Waals surface area contributed by atoms with Gasteiger partial charge in [-0.15, -0.1) is 0 Å². The highest BCUT2D eigenvalue weighted by Gasteiger charge is 2.12. The molecule has 0 radical (unpaired) electrons. The van der Waals surface area contributed by atoms with Crippen LogP contribution < -0.4 is 5.73 Å². The van der Waals surface area contributed by atoms with Crippen molar-refractivity contribution in [1.29, 1.82) is 0 Å². The molecule has 1 atom stereocenters. The fourth-order valence-corrected chi connectivity index (χ4v) is 2.14. The van der Waals surface area contributed by atoms with Crippen LogP contribution >= 0.6 is 23.2 Å². The summed E-state index contributed by atoms with van der Waals surface area (Å²) in [4.78, 5) is 7.65. The van der Waals surface area contributed by atoms with E-state index in [0.29, 0.717) is 29.6 Å². The van der Waals surface area contributed by atoms with Crippen molar-refractivity contribution >= 4 is 34.2 Å². The lowest BCUT2D eigenvalue weighted by molar-refractivity contribution is 0.0682. The molecule has 1 aromatic carbocycles. The quantitative estimate of drug-likeness (QED) is 0.889. The molecule has 0 bridgehead atoms. The number of hydrogen-bond donors (Lipinski definition) is 2. The summed E-state index contributed by atoms with van der Waals surface area (Å²) in [6, 6.07) is 3.52. The first-order valence-corrected chi connectivity index (χ1v) is 6.55. The molecule has 2 rings (SSSR count). The fraction of sp³-hybridized carbons (Fsp3) is 0.417. The van der Waals surface area contributed by atoms with Crippen LogP contribution in [0.5, 0.6) is 0 Å². The van der Waals surface area contributed by atoms with E-state index in [9.17, 15) is 0 Å². The number of halogens is 2. The SMILES string of the molecule is CCOC(CN)Cc1nc2cc(Cl)c(Cl)cc2[nH]1. The van der Waals surface area contributed by atoms with E-state index in [1.165, 1.54) is 0 Å². The molecule has 6 heteroatoms. The third-order valence-corrected chi connectivity index (χ3v) is 3.38. The summed E-state index contributed by atoms with van der Waals surface area (Å²) in [5.41, 5.74) is 7.31. The third-order valence-electron chi connectivity index (χ3n) is 2.66. The van der Waals surface area contributed by atoms with Gasteiger partial charge in [-0.2, -0.15) is 0 Å². The van der Waals surface area contributed by atoms with E-state index in [1.54, 1.807) is 12.1 Å². The zero-order chi connectivity index (χ0) is 13.1. The molecule has 0 aliphatic rings. The minimum absolute atomic E-state index is 0.0264. The van der Waals surface area contributed by atoms with Gasteiger partial charge >= 0.3 is 0 Å². The lowest BCUT2D eigenvalue weighted by Gasteiger charge is -2.12. The molecule has 0 saturated carbocycles. The Bertz CT molecular complexity index is 502. The van der Waals surface area contributed by atoms with E-state index in [1.807, 2.05) is 6.92 Å². The highest BCUT2D eigenvalue weighted by molar-refractivity contribution is 6.42. The van der Waals surface area contributed by atoms with Crippen LogP contribution in [0.3, 0.4) is 0 Å². The zero-order valence-electron chi connectivity index (χ0n) is 10.0. The van der Waals surface area contributed by atoms with E-state index in [4.69, 9.17) is 33.7 Å². The van der Waals surface area contributed by atoms with Crippen molar-refractivity contribution in [3.05, 3.63) is 28.0 Å². The second-order valence-corrected chi connectivity index (χ2v) is 4.80. The lowest BCUT2D eigenvalue weighted by Crippen LogP contribution is -2.26. The molecule has 4 nitrogen and oxygen atoms in total. The minimum atomic E-state index is -0.0264. The van der Waals surface area contributed by atoms with Gasteiger partial charge in [0, 0.05) is 19.6 Å². The minimum Gasteiger partial charge on any atom is -0.377 e. The number of benzene rings is 1. The van der Waals surface area contributed by atoms with Gasteiger partial charge in [0.1, 0.15) is 5.82 Å². The van der Waals surface area contributed by atoms with E-state index >= 15 is 0 Å². The molecule has 18 heavy (non-hydrogen) atoms. The van der Waals surface area contributed by atoms with Crippen molar-refractivity contribution in [3.63, 3.8) is 0 Å². The number of aromatic nitrogens is 2. The summed E-state index contributed by atoms with van der Waals surface area (Å²) >= 11 is 11.9. The maximum absolute atomic E-state index is 5.96. The topological polar surface area (TPSA) is 63.9 Å². The van der Waals surface area contributed by atoms with Crippen LogP contribution in [0.1, 0.15) is 12.7 Å². The predicted molar refractivity (Wildman–Crippen MR) is 74.3 cm³/mol. The Kier molecular flexibility index (Phi) is 4.45. The summed E-state index contributed by atoms with van der Waals surface area (Å²) in [6.45, 7) is 3.05. The van der Waals surface area contributed by atoms with Gasteiger partial charge in [-0.3, -0.25) is 0 Å². The largest absolute Gasteiger partial charge is 0.377 e. The molecule has 98 valence electrons. The highest BCUT2D eigenvalue weighted by Crippen LogP contribution is 2.26. The summed E-state index contributed by atoms with van der Waals surface area (Å²) < 4.78 is 5.50. The Hall–Kier alpha value is -0.810. The molecule has 0 saturated heterocycles. The smallest absolute Gasteiger partial charge is 0.109 e. The van der Waals surface area contributed by atoms with Gasteiger partial charge in [-0.1, -0.05) is 23.2 Å². The number of nitrogens with one attached hydrogen (secondary N) is 1.